The second-order valence-corrected chi connectivity index (χ2v) is 2.63. The minimum Gasteiger partial charge on any atom is -0.325 e. The Morgan fingerprint density at radius 3 is 2.82 bits per heavy atom. The fourth-order valence-corrected chi connectivity index (χ4v) is 0.924. The molecule has 1 heterocycles. The third-order valence-corrected chi connectivity index (χ3v) is 1.69. The molecule has 0 amide bonds. The molecular formula is C6H11ClN4. The minimum atomic E-state index is 0. The molecule has 1 aromatic rings. The molecule has 5 heteroatoms. The van der Waals surface area contributed by atoms with Gasteiger partial charge in [0.1, 0.15) is 0 Å². The molecule has 0 spiro atoms. The number of hydrogen-bond donors (Lipinski definition) is 1. The van der Waals surface area contributed by atoms with E-state index in [1.807, 2.05) is 10.9 Å². The van der Waals surface area contributed by atoms with Crippen molar-refractivity contribution in [2.45, 2.75) is 25.4 Å². The van der Waals surface area contributed by atoms with E-state index in [0.29, 0.717) is 12.6 Å². The van der Waals surface area contributed by atoms with E-state index in [1.54, 1.807) is 0 Å². The third kappa shape index (κ3) is 1.70. The van der Waals surface area contributed by atoms with E-state index in [-0.39, 0.29) is 12.4 Å². The van der Waals surface area contributed by atoms with Crippen LogP contribution in [0, 0.1) is 0 Å². The van der Waals surface area contributed by atoms with Crippen LogP contribution >= 0.6 is 12.4 Å². The first-order valence-corrected chi connectivity index (χ1v) is 3.51. The standard InChI is InChI=1S/C6H10N4.ClH/c7-3-5-4-10(9-8-5)6-1-2-6;/h4,6H,1-3,7H2;1H. The van der Waals surface area contributed by atoms with Gasteiger partial charge in [0.2, 0.25) is 0 Å². The second-order valence-electron chi connectivity index (χ2n) is 2.63. The van der Waals surface area contributed by atoms with Crippen LogP contribution in [0.4, 0.5) is 0 Å². The zero-order valence-electron chi connectivity index (χ0n) is 6.10. The summed E-state index contributed by atoms with van der Waals surface area (Å²) in [5.74, 6) is 0. The van der Waals surface area contributed by atoms with Crippen LogP contribution in [-0.2, 0) is 6.54 Å². The summed E-state index contributed by atoms with van der Waals surface area (Å²) in [5, 5.41) is 7.82. The highest BCUT2D eigenvalue weighted by Gasteiger charge is 2.24. The van der Waals surface area contributed by atoms with Crippen LogP contribution in [0.15, 0.2) is 6.20 Å². The Balaban J connectivity index is 0.000000605. The van der Waals surface area contributed by atoms with Gasteiger partial charge in [0.05, 0.1) is 17.9 Å². The van der Waals surface area contributed by atoms with E-state index in [4.69, 9.17) is 5.73 Å². The van der Waals surface area contributed by atoms with Crippen molar-refractivity contribution in [2.24, 2.45) is 5.73 Å². The van der Waals surface area contributed by atoms with E-state index in [2.05, 4.69) is 10.3 Å². The van der Waals surface area contributed by atoms with Crippen molar-refractivity contribution in [2.75, 3.05) is 0 Å². The maximum absolute atomic E-state index is 5.37. The Morgan fingerprint density at radius 2 is 2.36 bits per heavy atom. The van der Waals surface area contributed by atoms with Gasteiger partial charge in [-0.15, -0.1) is 17.5 Å². The van der Waals surface area contributed by atoms with Gasteiger partial charge >= 0.3 is 0 Å². The molecule has 0 bridgehead atoms. The first-order valence-electron chi connectivity index (χ1n) is 3.51. The fraction of sp³-hybridized carbons (Fsp3) is 0.667. The highest BCUT2D eigenvalue weighted by Crippen LogP contribution is 2.33. The predicted molar refractivity (Wildman–Crippen MR) is 43.4 cm³/mol. The highest BCUT2D eigenvalue weighted by molar-refractivity contribution is 5.85. The van der Waals surface area contributed by atoms with E-state index < -0.39 is 0 Å². The van der Waals surface area contributed by atoms with Crippen molar-refractivity contribution >= 4 is 12.4 Å². The summed E-state index contributed by atoms with van der Waals surface area (Å²) >= 11 is 0. The fourth-order valence-electron chi connectivity index (χ4n) is 0.924. The zero-order valence-corrected chi connectivity index (χ0v) is 6.92. The molecule has 0 radical (unpaired) electrons. The molecule has 4 nitrogen and oxygen atoms in total. The minimum absolute atomic E-state index is 0. The molecule has 1 saturated carbocycles. The Labute approximate surface area is 71.2 Å². The largest absolute Gasteiger partial charge is 0.325 e. The summed E-state index contributed by atoms with van der Waals surface area (Å²) in [4.78, 5) is 0. The number of rotatable bonds is 2. The van der Waals surface area contributed by atoms with Crippen LogP contribution in [0.5, 0.6) is 0 Å². The molecule has 1 aromatic heterocycles. The van der Waals surface area contributed by atoms with Gasteiger partial charge in [-0.3, -0.25) is 0 Å². The lowest BCUT2D eigenvalue weighted by molar-refractivity contribution is 0.610. The molecule has 0 atom stereocenters. The van der Waals surface area contributed by atoms with E-state index in [0.717, 1.165) is 5.69 Å². The van der Waals surface area contributed by atoms with Crippen LogP contribution in [0.1, 0.15) is 24.6 Å². The van der Waals surface area contributed by atoms with Crippen molar-refractivity contribution in [1.29, 1.82) is 0 Å². The third-order valence-electron chi connectivity index (χ3n) is 1.69. The van der Waals surface area contributed by atoms with Gasteiger partial charge in [0, 0.05) is 6.54 Å². The molecule has 1 aliphatic rings. The summed E-state index contributed by atoms with van der Waals surface area (Å²) in [5.41, 5.74) is 6.25. The summed E-state index contributed by atoms with van der Waals surface area (Å²) in [7, 11) is 0. The van der Waals surface area contributed by atoms with E-state index in [9.17, 15) is 0 Å². The van der Waals surface area contributed by atoms with Gasteiger partial charge in [-0.2, -0.15) is 0 Å². The van der Waals surface area contributed by atoms with Gasteiger partial charge in [-0.25, -0.2) is 4.68 Å². The molecule has 2 rings (SSSR count). The van der Waals surface area contributed by atoms with Crippen LogP contribution in [0.2, 0.25) is 0 Å². The number of aromatic nitrogens is 3. The molecule has 1 aliphatic carbocycles. The van der Waals surface area contributed by atoms with Crippen molar-refractivity contribution < 1.29 is 0 Å². The smallest absolute Gasteiger partial charge is 0.0962 e. The maximum Gasteiger partial charge on any atom is 0.0962 e. The first-order chi connectivity index (χ1) is 4.90. The molecule has 0 aromatic carbocycles. The Hall–Kier alpha value is -0.610. The number of nitrogens with zero attached hydrogens (tertiary/aromatic N) is 3. The summed E-state index contributed by atoms with van der Waals surface area (Å²) in [6.07, 6.45) is 4.42. The van der Waals surface area contributed by atoms with Crippen molar-refractivity contribution in [3.63, 3.8) is 0 Å². The van der Waals surface area contributed by atoms with Crippen molar-refractivity contribution in [3.8, 4) is 0 Å². The van der Waals surface area contributed by atoms with Gasteiger partial charge in [-0.1, -0.05) is 5.21 Å². The van der Waals surface area contributed by atoms with Gasteiger partial charge < -0.3 is 5.73 Å². The SMILES string of the molecule is Cl.NCc1cn(C2CC2)nn1. The highest BCUT2D eigenvalue weighted by atomic mass is 35.5. The Bertz CT molecular complexity index is 230. The summed E-state index contributed by atoms with van der Waals surface area (Å²) in [6, 6.07) is 0.618. The van der Waals surface area contributed by atoms with Crippen molar-refractivity contribution in [3.05, 3.63) is 11.9 Å². The number of nitrogens with two attached hydrogens (primary N) is 1. The average Bonchev–Trinajstić information content (AvgIpc) is 2.70. The van der Waals surface area contributed by atoms with Crippen LogP contribution in [0.25, 0.3) is 0 Å². The quantitative estimate of drug-likeness (QED) is 0.710. The lowest BCUT2D eigenvalue weighted by atomic mass is 10.5. The van der Waals surface area contributed by atoms with E-state index >= 15 is 0 Å². The van der Waals surface area contributed by atoms with Crippen LogP contribution in [0.3, 0.4) is 0 Å². The molecule has 1 fully saturated rings. The molecule has 2 N–H and O–H groups in total. The molecule has 0 saturated heterocycles. The average molecular weight is 175 g/mol. The Kier molecular flexibility index (Phi) is 2.46. The van der Waals surface area contributed by atoms with Crippen molar-refractivity contribution in [1.82, 2.24) is 15.0 Å². The van der Waals surface area contributed by atoms with Gasteiger partial charge in [-0.05, 0) is 12.8 Å². The first kappa shape index (κ1) is 8.49. The maximum atomic E-state index is 5.37. The second kappa shape index (κ2) is 3.19. The monoisotopic (exact) mass is 174 g/mol. The van der Waals surface area contributed by atoms with Gasteiger partial charge in [0.15, 0.2) is 0 Å². The summed E-state index contributed by atoms with van der Waals surface area (Å²) in [6.45, 7) is 0.493. The zero-order chi connectivity index (χ0) is 6.97. The Morgan fingerprint density at radius 1 is 1.64 bits per heavy atom. The molecule has 11 heavy (non-hydrogen) atoms. The number of hydrogen-bond acceptors (Lipinski definition) is 3. The lowest BCUT2D eigenvalue weighted by Crippen LogP contribution is -1.95. The normalized spacial score (nSPS) is 16.1. The summed E-state index contributed by atoms with van der Waals surface area (Å²) < 4.78 is 1.90. The molecule has 62 valence electrons. The predicted octanol–water partition coefficient (Wildman–Crippen LogP) is 0.493. The molecule has 0 aliphatic heterocycles. The van der Waals surface area contributed by atoms with Gasteiger partial charge in [0.25, 0.3) is 0 Å². The molecule has 0 unspecified atom stereocenters. The number of halogens is 1. The topological polar surface area (TPSA) is 56.7 Å². The molecular weight excluding hydrogens is 164 g/mol. The van der Waals surface area contributed by atoms with E-state index in [1.165, 1.54) is 12.8 Å². The van der Waals surface area contributed by atoms with Crippen LogP contribution in [-0.4, -0.2) is 15.0 Å². The lowest BCUT2D eigenvalue weighted by Gasteiger charge is -1.89. The van der Waals surface area contributed by atoms with Crippen LogP contribution < -0.4 is 5.73 Å².